The van der Waals surface area contributed by atoms with Crippen LogP contribution in [0.3, 0.4) is 0 Å². The maximum atomic E-state index is 13.6. The number of nitrogens with zero attached hydrogens (tertiary/aromatic N) is 3. The normalized spacial score (nSPS) is 11.5. The maximum absolute atomic E-state index is 13.6. The fourth-order valence-corrected chi connectivity index (χ4v) is 3.68. The quantitative estimate of drug-likeness (QED) is 0.419. The SMILES string of the molecule is CCc1ccccc1NC(=NCCc1c(C)nn(CC)c1C)NC(=O)c1cccc(F)c1. The molecule has 168 valence electrons. The molecule has 7 heteroatoms. The van der Waals surface area contributed by atoms with Crippen molar-refractivity contribution >= 4 is 17.6 Å². The first-order valence-corrected chi connectivity index (χ1v) is 10.9. The highest BCUT2D eigenvalue weighted by Gasteiger charge is 2.13. The number of aryl methyl sites for hydroxylation is 3. The highest BCUT2D eigenvalue weighted by Crippen LogP contribution is 2.16. The third-order valence-corrected chi connectivity index (χ3v) is 5.43. The number of halogens is 1. The minimum absolute atomic E-state index is 0.235. The van der Waals surface area contributed by atoms with Gasteiger partial charge in [-0.3, -0.25) is 19.8 Å². The van der Waals surface area contributed by atoms with E-state index in [9.17, 15) is 9.18 Å². The van der Waals surface area contributed by atoms with E-state index in [1.807, 2.05) is 35.9 Å². The van der Waals surface area contributed by atoms with Gasteiger partial charge in [-0.05, 0) is 69.0 Å². The van der Waals surface area contributed by atoms with Crippen molar-refractivity contribution in [2.45, 2.75) is 47.1 Å². The van der Waals surface area contributed by atoms with Gasteiger partial charge < -0.3 is 5.32 Å². The van der Waals surface area contributed by atoms with Crippen molar-refractivity contribution in [3.05, 3.63) is 82.4 Å². The van der Waals surface area contributed by atoms with Gasteiger partial charge in [0.05, 0.1) is 5.69 Å². The molecule has 0 spiro atoms. The number of carbonyl (C=O) groups is 1. The van der Waals surface area contributed by atoms with E-state index in [4.69, 9.17) is 0 Å². The Morgan fingerprint density at radius 1 is 1.12 bits per heavy atom. The summed E-state index contributed by atoms with van der Waals surface area (Å²) in [6.07, 6.45) is 1.54. The van der Waals surface area contributed by atoms with Crippen molar-refractivity contribution in [3.63, 3.8) is 0 Å². The summed E-state index contributed by atoms with van der Waals surface area (Å²) in [5.41, 5.74) is 5.51. The first kappa shape index (κ1) is 23.2. The molecule has 1 aromatic heterocycles. The molecule has 2 N–H and O–H groups in total. The number of guanidine groups is 1. The molecular weight excluding hydrogens is 405 g/mol. The Morgan fingerprint density at radius 2 is 1.91 bits per heavy atom. The van der Waals surface area contributed by atoms with Gasteiger partial charge in [0, 0.05) is 30.0 Å². The minimum atomic E-state index is -0.459. The van der Waals surface area contributed by atoms with Gasteiger partial charge in [0.25, 0.3) is 5.91 Å². The molecule has 6 nitrogen and oxygen atoms in total. The van der Waals surface area contributed by atoms with E-state index >= 15 is 0 Å². The van der Waals surface area contributed by atoms with E-state index in [-0.39, 0.29) is 5.56 Å². The maximum Gasteiger partial charge on any atom is 0.258 e. The largest absolute Gasteiger partial charge is 0.326 e. The van der Waals surface area contributed by atoms with Gasteiger partial charge in [0.15, 0.2) is 0 Å². The van der Waals surface area contributed by atoms with Gasteiger partial charge in [-0.25, -0.2) is 4.39 Å². The summed E-state index contributed by atoms with van der Waals surface area (Å²) in [5, 5.41) is 10.6. The third kappa shape index (κ3) is 5.60. The summed E-state index contributed by atoms with van der Waals surface area (Å²) in [7, 11) is 0. The van der Waals surface area contributed by atoms with E-state index in [1.165, 1.54) is 23.8 Å². The lowest BCUT2D eigenvalue weighted by molar-refractivity contribution is 0.0976. The van der Waals surface area contributed by atoms with Crippen LogP contribution < -0.4 is 10.6 Å². The van der Waals surface area contributed by atoms with Crippen LogP contribution >= 0.6 is 0 Å². The van der Waals surface area contributed by atoms with Crippen LogP contribution in [-0.2, 0) is 19.4 Å². The van der Waals surface area contributed by atoms with Gasteiger partial charge in [-0.15, -0.1) is 0 Å². The van der Waals surface area contributed by atoms with Crippen LogP contribution in [0, 0.1) is 19.7 Å². The average molecular weight is 436 g/mol. The Balaban J connectivity index is 1.82. The molecule has 1 amide bonds. The predicted octanol–water partition coefficient (Wildman–Crippen LogP) is 4.66. The number of hydrogen-bond donors (Lipinski definition) is 2. The highest BCUT2D eigenvalue weighted by atomic mass is 19.1. The zero-order valence-electron chi connectivity index (χ0n) is 19.1. The van der Waals surface area contributed by atoms with Crippen molar-refractivity contribution in [2.75, 3.05) is 11.9 Å². The van der Waals surface area contributed by atoms with Crippen molar-refractivity contribution in [1.29, 1.82) is 0 Å². The van der Waals surface area contributed by atoms with E-state index in [1.54, 1.807) is 6.07 Å². The fourth-order valence-electron chi connectivity index (χ4n) is 3.68. The van der Waals surface area contributed by atoms with E-state index in [0.29, 0.717) is 18.9 Å². The van der Waals surface area contributed by atoms with Crippen LogP contribution in [0.25, 0.3) is 0 Å². The molecule has 0 saturated heterocycles. The zero-order chi connectivity index (χ0) is 23.1. The Labute approximate surface area is 188 Å². The fraction of sp³-hybridized carbons (Fsp3) is 0.320. The molecule has 0 aliphatic carbocycles. The van der Waals surface area contributed by atoms with Crippen LogP contribution in [0.15, 0.2) is 53.5 Å². The van der Waals surface area contributed by atoms with Crippen LogP contribution in [0.4, 0.5) is 10.1 Å². The molecule has 3 rings (SSSR count). The van der Waals surface area contributed by atoms with Crippen molar-refractivity contribution in [3.8, 4) is 0 Å². The molecule has 0 fully saturated rings. The molecule has 1 heterocycles. The second kappa shape index (κ2) is 10.7. The Morgan fingerprint density at radius 3 is 2.59 bits per heavy atom. The van der Waals surface area contributed by atoms with Gasteiger partial charge >= 0.3 is 0 Å². The summed E-state index contributed by atoms with van der Waals surface area (Å²) in [6, 6.07) is 13.5. The summed E-state index contributed by atoms with van der Waals surface area (Å²) in [6.45, 7) is 9.49. The van der Waals surface area contributed by atoms with Crippen molar-refractivity contribution in [1.82, 2.24) is 15.1 Å². The van der Waals surface area contributed by atoms with E-state index in [2.05, 4.69) is 41.5 Å². The first-order chi connectivity index (χ1) is 15.4. The van der Waals surface area contributed by atoms with Crippen molar-refractivity contribution < 1.29 is 9.18 Å². The smallest absolute Gasteiger partial charge is 0.258 e. The molecule has 3 aromatic rings. The Hall–Kier alpha value is -3.48. The van der Waals surface area contributed by atoms with Gasteiger partial charge in [0.1, 0.15) is 5.82 Å². The van der Waals surface area contributed by atoms with Gasteiger partial charge in [-0.2, -0.15) is 5.10 Å². The second-order valence-corrected chi connectivity index (χ2v) is 7.55. The first-order valence-electron chi connectivity index (χ1n) is 10.9. The molecule has 0 atom stereocenters. The summed E-state index contributed by atoms with van der Waals surface area (Å²) >= 11 is 0. The van der Waals surface area contributed by atoms with Gasteiger partial charge in [0.2, 0.25) is 5.96 Å². The number of nitrogens with one attached hydrogen (secondary N) is 2. The third-order valence-electron chi connectivity index (χ3n) is 5.43. The van der Waals surface area contributed by atoms with Crippen molar-refractivity contribution in [2.24, 2.45) is 4.99 Å². The van der Waals surface area contributed by atoms with Crippen LogP contribution in [0.1, 0.15) is 46.7 Å². The molecule has 0 saturated carbocycles. The number of aromatic nitrogens is 2. The van der Waals surface area contributed by atoms with Crippen LogP contribution in [0.2, 0.25) is 0 Å². The Kier molecular flexibility index (Phi) is 7.76. The number of anilines is 1. The molecule has 0 unspecified atom stereocenters. The van der Waals surface area contributed by atoms with E-state index < -0.39 is 11.7 Å². The van der Waals surface area contributed by atoms with Crippen LogP contribution in [0.5, 0.6) is 0 Å². The number of aliphatic imine (C=N–C) groups is 1. The topological polar surface area (TPSA) is 71.3 Å². The molecule has 32 heavy (non-hydrogen) atoms. The van der Waals surface area contributed by atoms with Crippen LogP contribution in [-0.4, -0.2) is 28.2 Å². The number of amides is 1. The number of benzene rings is 2. The second-order valence-electron chi connectivity index (χ2n) is 7.55. The number of carbonyl (C=O) groups excluding carboxylic acids is 1. The monoisotopic (exact) mass is 435 g/mol. The Bertz CT molecular complexity index is 1120. The molecule has 0 bridgehead atoms. The molecular formula is C25H30FN5O. The summed E-state index contributed by atoms with van der Waals surface area (Å²) in [5.74, 6) is -0.548. The minimum Gasteiger partial charge on any atom is -0.326 e. The highest BCUT2D eigenvalue weighted by molar-refractivity contribution is 6.10. The zero-order valence-corrected chi connectivity index (χ0v) is 19.1. The average Bonchev–Trinajstić information content (AvgIpc) is 3.07. The van der Waals surface area contributed by atoms with E-state index in [0.717, 1.165) is 35.6 Å². The van der Waals surface area contributed by atoms with Gasteiger partial charge in [-0.1, -0.05) is 31.2 Å². The summed E-state index contributed by atoms with van der Waals surface area (Å²) < 4.78 is 15.6. The lowest BCUT2D eigenvalue weighted by Crippen LogP contribution is -2.36. The molecule has 0 aliphatic heterocycles. The standard InChI is InChI=1S/C25H30FN5O/c1-5-19-10-7-8-13-23(19)28-25(29-24(32)20-11-9-12-21(26)16-20)27-15-14-22-17(3)30-31(6-2)18(22)4/h7-13,16H,5-6,14-15H2,1-4H3,(H2,27,28,29,32). The molecule has 2 aromatic carbocycles. The predicted molar refractivity (Wildman–Crippen MR) is 127 cm³/mol. The molecule has 0 aliphatic rings. The summed E-state index contributed by atoms with van der Waals surface area (Å²) in [4.78, 5) is 17.4. The lowest BCUT2D eigenvalue weighted by atomic mass is 10.1. The number of hydrogen-bond acceptors (Lipinski definition) is 3. The number of para-hydroxylation sites is 1. The lowest BCUT2D eigenvalue weighted by Gasteiger charge is -2.14. The molecule has 0 radical (unpaired) electrons. The number of rotatable bonds is 7.